The van der Waals surface area contributed by atoms with Crippen LogP contribution in [0.2, 0.25) is 0 Å². The number of nitrogens with zero attached hydrogens (tertiary/aromatic N) is 2. The quantitative estimate of drug-likeness (QED) is 0.630. The van der Waals surface area contributed by atoms with Crippen molar-refractivity contribution in [2.75, 3.05) is 13.1 Å². The van der Waals surface area contributed by atoms with Crippen molar-refractivity contribution in [3.63, 3.8) is 0 Å². The third-order valence-corrected chi connectivity index (χ3v) is 2.15. The van der Waals surface area contributed by atoms with E-state index < -0.39 is 0 Å². The van der Waals surface area contributed by atoms with Gasteiger partial charge in [-0.25, -0.2) is 0 Å². The second-order valence-electron chi connectivity index (χ2n) is 3.39. The lowest BCUT2D eigenvalue weighted by atomic mass is 10.3. The summed E-state index contributed by atoms with van der Waals surface area (Å²) >= 11 is 0. The van der Waals surface area contributed by atoms with Gasteiger partial charge in [0.2, 0.25) is 0 Å². The van der Waals surface area contributed by atoms with Gasteiger partial charge in [-0.1, -0.05) is 6.92 Å². The first kappa shape index (κ1) is 11.2. The smallest absolute Gasteiger partial charge is 0.0662 e. The Hall–Kier alpha value is -0.870. The molecule has 4 nitrogen and oxygen atoms in total. The van der Waals surface area contributed by atoms with Crippen LogP contribution >= 0.6 is 0 Å². The summed E-state index contributed by atoms with van der Waals surface area (Å²) in [5.74, 6) is 0. The van der Waals surface area contributed by atoms with Gasteiger partial charge in [0, 0.05) is 25.5 Å². The fourth-order valence-corrected chi connectivity index (χ4v) is 1.21. The Labute approximate surface area is 84.9 Å². The van der Waals surface area contributed by atoms with Crippen molar-refractivity contribution in [1.29, 1.82) is 0 Å². The molecule has 80 valence electrons. The summed E-state index contributed by atoms with van der Waals surface area (Å²) in [7, 11) is 0. The van der Waals surface area contributed by atoms with E-state index in [9.17, 15) is 5.11 Å². The van der Waals surface area contributed by atoms with Gasteiger partial charge in [-0.15, -0.1) is 0 Å². The lowest BCUT2D eigenvalue weighted by molar-refractivity contribution is 0.167. The summed E-state index contributed by atoms with van der Waals surface area (Å²) < 4.78 is 1.91. The molecule has 0 amide bonds. The third-order valence-electron chi connectivity index (χ3n) is 2.15. The molecule has 1 heterocycles. The van der Waals surface area contributed by atoms with E-state index in [2.05, 4.69) is 10.4 Å². The zero-order valence-electron chi connectivity index (χ0n) is 8.69. The monoisotopic (exact) mass is 197 g/mol. The summed E-state index contributed by atoms with van der Waals surface area (Å²) in [4.78, 5) is 0. The van der Waals surface area contributed by atoms with Crippen molar-refractivity contribution in [2.24, 2.45) is 0 Å². The van der Waals surface area contributed by atoms with Crippen molar-refractivity contribution in [3.8, 4) is 0 Å². The van der Waals surface area contributed by atoms with Crippen LogP contribution in [-0.4, -0.2) is 34.1 Å². The van der Waals surface area contributed by atoms with Crippen molar-refractivity contribution >= 4 is 0 Å². The molecule has 0 saturated heterocycles. The Balaban J connectivity index is 1.95. The summed E-state index contributed by atoms with van der Waals surface area (Å²) in [5.41, 5.74) is 0. The number of hydrogen-bond acceptors (Lipinski definition) is 3. The van der Waals surface area contributed by atoms with Crippen LogP contribution in [0.4, 0.5) is 0 Å². The van der Waals surface area contributed by atoms with Crippen LogP contribution < -0.4 is 5.32 Å². The molecule has 4 heteroatoms. The van der Waals surface area contributed by atoms with E-state index in [0.717, 1.165) is 25.9 Å². The summed E-state index contributed by atoms with van der Waals surface area (Å²) in [6.07, 6.45) is 5.39. The molecule has 0 bridgehead atoms. The molecule has 0 saturated carbocycles. The zero-order chi connectivity index (χ0) is 10.2. The first-order chi connectivity index (χ1) is 6.83. The first-order valence-electron chi connectivity index (χ1n) is 5.19. The highest BCUT2D eigenvalue weighted by Crippen LogP contribution is 1.89. The van der Waals surface area contributed by atoms with E-state index in [1.165, 1.54) is 0 Å². The topological polar surface area (TPSA) is 50.1 Å². The zero-order valence-corrected chi connectivity index (χ0v) is 8.69. The maximum Gasteiger partial charge on any atom is 0.0662 e. The number of aromatic nitrogens is 2. The highest BCUT2D eigenvalue weighted by atomic mass is 16.3. The molecule has 0 aliphatic carbocycles. The van der Waals surface area contributed by atoms with Crippen LogP contribution in [0.5, 0.6) is 0 Å². The van der Waals surface area contributed by atoms with E-state index in [1.807, 2.05) is 23.9 Å². The molecule has 14 heavy (non-hydrogen) atoms. The number of aliphatic hydroxyl groups excluding tert-OH is 1. The Morgan fingerprint density at radius 3 is 3.07 bits per heavy atom. The maximum absolute atomic E-state index is 9.26. The maximum atomic E-state index is 9.26. The molecule has 1 unspecified atom stereocenters. The fourth-order valence-electron chi connectivity index (χ4n) is 1.21. The predicted molar refractivity (Wildman–Crippen MR) is 56.0 cm³/mol. The molecule has 2 N–H and O–H groups in total. The molecule has 0 aliphatic rings. The fraction of sp³-hybridized carbons (Fsp3) is 0.700. The molecule has 1 aromatic heterocycles. The lowest BCUT2D eigenvalue weighted by Gasteiger charge is -2.08. The van der Waals surface area contributed by atoms with Gasteiger partial charge in [0.25, 0.3) is 0 Å². The van der Waals surface area contributed by atoms with Gasteiger partial charge < -0.3 is 10.4 Å². The molecule has 0 spiro atoms. The number of aryl methyl sites for hydroxylation is 1. The minimum atomic E-state index is -0.209. The Morgan fingerprint density at radius 2 is 2.43 bits per heavy atom. The summed E-state index contributed by atoms with van der Waals surface area (Å²) in [6, 6.07) is 1.92. The highest BCUT2D eigenvalue weighted by Gasteiger charge is 1.98. The summed E-state index contributed by atoms with van der Waals surface area (Å²) in [5, 5.41) is 16.6. The average molecular weight is 197 g/mol. The van der Waals surface area contributed by atoms with Gasteiger partial charge >= 0.3 is 0 Å². The molecule has 1 rings (SSSR count). The van der Waals surface area contributed by atoms with E-state index in [-0.39, 0.29) is 6.10 Å². The van der Waals surface area contributed by atoms with E-state index in [1.54, 1.807) is 6.20 Å². The van der Waals surface area contributed by atoms with Gasteiger partial charge in [-0.2, -0.15) is 5.10 Å². The number of rotatable bonds is 7. The second kappa shape index (κ2) is 6.56. The van der Waals surface area contributed by atoms with Gasteiger partial charge in [0.05, 0.1) is 6.10 Å². The molecule has 0 fully saturated rings. The van der Waals surface area contributed by atoms with Crippen LogP contribution in [0.25, 0.3) is 0 Å². The van der Waals surface area contributed by atoms with E-state index >= 15 is 0 Å². The van der Waals surface area contributed by atoms with Crippen molar-refractivity contribution in [3.05, 3.63) is 18.5 Å². The molecular formula is C10H19N3O. The molecule has 0 aromatic carbocycles. The lowest BCUT2D eigenvalue weighted by Crippen LogP contribution is -2.27. The normalized spacial score (nSPS) is 13.0. The van der Waals surface area contributed by atoms with Crippen LogP contribution in [0.15, 0.2) is 18.5 Å². The van der Waals surface area contributed by atoms with E-state index in [4.69, 9.17) is 0 Å². The highest BCUT2D eigenvalue weighted by molar-refractivity contribution is 4.77. The predicted octanol–water partition coefficient (Wildman–Crippen LogP) is 0.634. The first-order valence-corrected chi connectivity index (χ1v) is 5.19. The number of hydrogen-bond donors (Lipinski definition) is 2. The second-order valence-corrected chi connectivity index (χ2v) is 3.39. The van der Waals surface area contributed by atoms with Crippen molar-refractivity contribution < 1.29 is 5.11 Å². The van der Waals surface area contributed by atoms with E-state index in [0.29, 0.717) is 6.54 Å². The van der Waals surface area contributed by atoms with Gasteiger partial charge in [-0.05, 0) is 25.5 Å². The third kappa shape index (κ3) is 4.39. The largest absolute Gasteiger partial charge is 0.392 e. The SMILES string of the molecule is CCC(O)CNCCCn1cccn1. The Bertz CT molecular complexity index is 223. The van der Waals surface area contributed by atoms with Crippen LogP contribution in [-0.2, 0) is 6.54 Å². The van der Waals surface area contributed by atoms with Crippen molar-refractivity contribution in [1.82, 2.24) is 15.1 Å². The average Bonchev–Trinajstić information content (AvgIpc) is 2.69. The van der Waals surface area contributed by atoms with Gasteiger partial charge in [0.15, 0.2) is 0 Å². The van der Waals surface area contributed by atoms with Crippen LogP contribution in [0.1, 0.15) is 19.8 Å². The molecule has 0 aliphatic heterocycles. The molecule has 1 aromatic rings. The van der Waals surface area contributed by atoms with Gasteiger partial charge in [-0.3, -0.25) is 4.68 Å². The molecule has 0 radical (unpaired) electrons. The standard InChI is InChI=1S/C10H19N3O/c1-2-10(14)9-11-5-3-7-13-8-4-6-12-13/h4,6,8,10-11,14H,2-3,5,7,9H2,1H3. The van der Waals surface area contributed by atoms with Gasteiger partial charge in [0.1, 0.15) is 0 Å². The minimum absolute atomic E-state index is 0.209. The Morgan fingerprint density at radius 1 is 1.57 bits per heavy atom. The number of aliphatic hydroxyl groups is 1. The number of nitrogens with one attached hydrogen (secondary N) is 1. The summed E-state index contributed by atoms with van der Waals surface area (Å²) in [6.45, 7) is 4.53. The molecular weight excluding hydrogens is 178 g/mol. The Kier molecular flexibility index (Phi) is 5.25. The van der Waals surface area contributed by atoms with Crippen LogP contribution in [0, 0.1) is 0 Å². The van der Waals surface area contributed by atoms with Crippen LogP contribution in [0.3, 0.4) is 0 Å². The minimum Gasteiger partial charge on any atom is -0.392 e. The van der Waals surface area contributed by atoms with Crippen molar-refractivity contribution in [2.45, 2.75) is 32.4 Å². The molecule has 1 atom stereocenters.